The van der Waals surface area contributed by atoms with Gasteiger partial charge in [0.15, 0.2) is 5.13 Å². The number of thiazole rings is 1. The molecule has 6 heteroatoms. The molecule has 0 spiro atoms. The Morgan fingerprint density at radius 3 is 2.74 bits per heavy atom. The van der Waals surface area contributed by atoms with E-state index in [0.717, 1.165) is 31.4 Å². The van der Waals surface area contributed by atoms with Gasteiger partial charge in [0.2, 0.25) is 5.91 Å². The SMILES string of the molecule is CC[C@H](C)[C@@H](NC(=O)c1ccccc1)C(=O)Nc1nc2c(s1)C[C@@H](C)CC2. The number of carbonyl (C=O) groups is 2. The molecule has 1 aromatic heterocycles. The maximum absolute atomic E-state index is 12.9. The van der Waals surface area contributed by atoms with Gasteiger partial charge in [0.05, 0.1) is 5.69 Å². The van der Waals surface area contributed by atoms with Crippen LogP contribution in [0.3, 0.4) is 0 Å². The van der Waals surface area contributed by atoms with E-state index in [2.05, 4.69) is 22.5 Å². The Labute approximate surface area is 164 Å². The van der Waals surface area contributed by atoms with Crippen LogP contribution in [-0.2, 0) is 17.6 Å². The molecule has 0 bridgehead atoms. The Hall–Kier alpha value is -2.21. The number of nitrogens with zero attached hydrogens (tertiary/aromatic N) is 1. The zero-order valence-electron chi connectivity index (χ0n) is 16.1. The number of aryl methyl sites for hydroxylation is 1. The fourth-order valence-corrected chi connectivity index (χ4v) is 4.47. The summed E-state index contributed by atoms with van der Waals surface area (Å²) in [6.45, 7) is 6.24. The lowest BCUT2D eigenvalue weighted by Gasteiger charge is -2.23. The van der Waals surface area contributed by atoms with Crippen LogP contribution in [-0.4, -0.2) is 22.8 Å². The minimum Gasteiger partial charge on any atom is -0.340 e. The number of benzene rings is 1. The normalized spacial score (nSPS) is 18.3. The van der Waals surface area contributed by atoms with E-state index in [-0.39, 0.29) is 17.7 Å². The second-order valence-corrected chi connectivity index (χ2v) is 8.51. The van der Waals surface area contributed by atoms with E-state index in [4.69, 9.17) is 0 Å². The molecule has 2 N–H and O–H groups in total. The minimum absolute atomic E-state index is 0.0206. The van der Waals surface area contributed by atoms with Crippen molar-refractivity contribution in [2.75, 3.05) is 5.32 Å². The van der Waals surface area contributed by atoms with E-state index in [1.165, 1.54) is 4.88 Å². The van der Waals surface area contributed by atoms with E-state index in [0.29, 0.717) is 16.6 Å². The van der Waals surface area contributed by atoms with Crippen LogP contribution in [0.2, 0.25) is 0 Å². The van der Waals surface area contributed by atoms with Crippen LogP contribution in [0.4, 0.5) is 5.13 Å². The fourth-order valence-electron chi connectivity index (χ4n) is 3.29. The summed E-state index contributed by atoms with van der Waals surface area (Å²) >= 11 is 1.56. The minimum atomic E-state index is -0.595. The van der Waals surface area contributed by atoms with Gasteiger partial charge in [0.1, 0.15) is 6.04 Å². The molecule has 1 aromatic carbocycles. The van der Waals surface area contributed by atoms with Gasteiger partial charge in [0.25, 0.3) is 5.91 Å². The smallest absolute Gasteiger partial charge is 0.251 e. The highest BCUT2D eigenvalue weighted by Gasteiger charge is 2.28. The molecule has 0 aliphatic heterocycles. The van der Waals surface area contributed by atoms with Crippen molar-refractivity contribution in [3.8, 4) is 0 Å². The molecule has 0 unspecified atom stereocenters. The highest BCUT2D eigenvalue weighted by atomic mass is 32.1. The predicted molar refractivity (Wildman–Crippen MR) is 109 cm³/mol. The zero-order chi connectivity index (χ0) is 19.4. The van der Waals surface area contributed by atoms with Crippen molar-refractivity contribution in [2.24, 2.45) is 11.8 Å². The van der Waals surface area contributed by atoms with Crippen LogP contribution in [0.25, 0.3) is 0 Å². The number of fused-ring (bicyclic) bond motifs is 1. The highest BCUT2D eigenvalue weighted by Crippen LogP contribution is 2.32. The maximum Gasteiger partial charge on any atom is 0.251 e. The molecule has 144 valence electrons. The number of nitrogens with one attached hydrogen (secondary N) is 2. The lowest BCUT2D eigenvalue weighted by molar-refractivity contribution is -0.119. The van der Waals surface area contributed by atoms with Crippen molar-refractivity contribution < 1.29 is 9.59 Å². The van der Waals surface area contributed by atoms with Crippen molar-refractivity contribution >= 4 is 28.3 Å². The first-order valence-electron chi connectivity index (χ1n) is 9.63. The second kappa shape index (κ2) is 8.65. The number of anilines is 1. The van der Waals surface area contributed by atoms with Gasteiger partial charge in [0, 0.05) is 10.4 Å². The summed E-state index contributed by atoms with van der Waals surface area (Å²) in [5.41, 5.74) is 1.67. The van der Waals surface area contributed by atoms with Gasteiger partial charge >= 0.3 is 0 Å². The van der Waals surface area contributed by atoms with Crippen molar-refractivity contribution in [1.29, 1.82) is 0 Å². The van der Waals surface area contributed by atoms with Crippen molar-refractivity contribution in [3.05, 3.63) is 46.5 Å². The summed E-state index contributed by atoms with van der Waals surface area (Å²) < 4.78 is 0. The number of hydrogen-bond acceptors (Lipinski definition) is 4. The first-order valence-corrected chi connectivity index (χ1v) is 10.4. The zero-order valence-corrected chi connectivity index (χ0v) is 16.9. The topological polar surface area (TPSA) is 71.1 Å². The molecule has 0 fully saturated rings. The first-order chi connectivity index (χ1) is 13.0. The van der Waals surface area contributed by atoms with Crippen molar-refractivity contribution in [1.82, 2.24) is 10.3 Å². The third-order valence-corrected chi connectivity index (χ3v) is 6.27. The lowest BCUT2D eigenvalue weighted by atomic mass is 9.93. The Morgan fingerprint density at radius 1 is 1.30 bits per heavy atom. The van der Waals surface area contributed by atoms with Crippen LogP contribution >= 0.6 is 11.3 Å². The number of hydrogen-bond donors (Lipinski definition) is 2. The Morgan fingerprint density at radius 2 is 2.04 bits per heavy atom. The van der Waals surface area contributed by atoms with E-state index in [9.17, 15) is 9.59 Å². The summed E-state index contributed by atoms with van der Waals surface area (Å²) in [5, 5.41) is 6.48. The predicted octanol–water partition coefficient (Wildman–Crippen LogP) is 4.05. The molecule has 2 amide bonds. The molecule has 0 saturated heterocycles. The van der Waals surface area contributed by atoms with Crippen molar-refractivity contribution in [2.45, 2.75) is 52.5 Å². The van der Waals surface area contributed by atoms with Gasteiger partial charge in [-0.3, -0.25) is 9.59 Å². The average Bonchev–Trinajstić information content (AvgIpc) is 3.07. The van der Waals surface area contributed by atoms with Gasteiger partial charge in [-0.1, -0.05) is 45.4 Å². The molecule has 2 aromatic rings. The van der Waals surface area contributed by atoms with Crippen LogP contribution < -0.4 is 10.6 Å². The number of amides is 2. The van der Waals surface area contributed by atoms with E-state index in [1.807, 2.05) is 32.0 Å². The van der Waals surface area contributed by atoms with Gasteiger partial charge < -0.3 is 10.6 Å². The third-order valence-electron chi connectivity index (χ3n) is 5.23. The van der Waals surface area contributed by atoms with Crippen molar-refractivity contribution in [3.63, 3.8) is 0 Å². The second-order valence-electron chi connectivity index (χ2n) is 7.43. The van der Waals surface area contributed by atoms with E-state index < -0.39 is 6.04 Å². The van der Waals surface area contributed by atoms with E-state index in [1.54, 1.807) is 23.5 Å². The molecular weight excluding hydrogens is 358 g/mol. The van der Waals surface area contributed by atoms with E-state index >= 15 is 0 Å². The quantitative estimate of drug-likeness (QED) is 0.788. The number of carbonyl (C=O) groups excluding carboxylic acids is 2. The average molecular weight is 386 g/mol. The first kappa shape index (κ1) is 19.5. The fraction of sp³-hybridized carbons (Fsp3) is 0.476. The largest absolute Gasteiger partial charge is 0.340 e. The maximum atomic E-state index is 12.9. The third kappa shape index (κ3) is 4.75. The number of aromatic nitrogens is 1. The highest BCUT2D eigenvalue weighted by molar-refractivity contribution is 7.15. The summed E-state index contributed by atoms with van der Waals surface area (Å²) in [5.74, 6) is 0.253. The summed E-state index contributed by atoms with van der Waals surface area (Å²) in [6.07, 6.45) is 3.94. The van der Waals surface area contributed by atoms with Gasteiger partial charge in [-0.15, -0.1) is 11.3 Å². The van der Waals surface area contributed by atoms with Crippen LogP contribution in [0.5, 0.6) is 0 Å². The standard InChI is InChI=1S/C21H27N3O2S/c1-4-14(3)18(23-19(25)15-8-6-5-7-9-15)20(26)24-21-22-16-11-10-13(2)12-17(16)27-21/h5-9,13-14,18H,4,10-12H2,1-3H3,(H,23,25)(H,22,24,26)/t13-,14-,18+/m0/s1. The lowest BCUT2D eigenvalue weighted by Crippen LogP contribution is -2.47. The molecule has 1 aliphatic carbocycles. The van der Waals surface area contributed by atoms with Gasteiger partial charge in [-0.05, 0) is 43.2 Å². The molecule has 3 rings (SSSR count). The molecule has 27 heavy (non-hydrogen) atoms. The molecule has 0 radical (unpaired) electrons. The van der Waals surface area contributed by atoms with Gasteiger partial charge in [-0.25, -0.2) is 4.98 Å². The summed E-state index contributed by atoms with van der Waals surface area (Å²) in [6, 6.07) is 8.39. The summed E-state index contributed by atoms with van der Waals surface area (Å²) in [4.78, 5) is 31.3. The summed E-state index contributed by atoms with van der Waals surface area (Å²) in [7, 11) is 0. The molecular formula is C21H27N3O2S. The molecule has 5 nitrogen and oxygen atoms in total. The van der Waals surface area contributed by atoms with Crippen LogP contribution in [0, 0.1) is 11.8 Å². The van der Waals surface area contributed by atoms with Gasteiger partial charge in [-0.2, -0.15) is 0 Å². The molecule has 3 atom stereocenters. The monoisotopic (exact) mass is 385 g/mol. The molecule has 1 heterocycles. The van der Waals surface area contributed by atoms with Crippen LogP contribution in [0.15, 0.2) is 30.3 Å². The Kier molecular flexibility index (Phi) is 6.26. The Balaban J connectivity index is 1.71. The van der Waals surface area contributed by atoms with Crippen LogP contribution in [0.1, 0.15) is 54.5 Å². The molecule has 1 aliphatic rings. The number of rotatable bonds is 6. The molecule has 0 saturated carbocycles. The Bertz CT molecular complexity index is 803.